The number of primary amides is 1. The quantitative estimate of drug-likeness (QED) is 0.451. The largest absolute Gasteiger partial charge is 0.416 e. The molecule has 8 nitrogen and oxygen atoms in total. The molecule has 0 aliphatic rings. The van der Waals surface area contributed by atoms with Gasteiger partial charge in [0.1, 0.15) is 0 Å². The van der Waals surface area contributed by atoms with Crippen LogP contribution in [0.25, 0.3) is 16.6 Å². The highest BCUT2D eigenvalue weighted by Gasteiger charge is 2.30. The Morgan fingerprint density at radius 1 is 1.09 bits per heavy atom. The number of nitrogens with zero attached hydrogens (tertiary/aromatic N) is 4. The lowest BCUT2D eigenvalue weighted by Crippen LogP contribution is -2.33. The zero-order chi connectivity index (χ0) is 24.6. The molecule has 2 aromatic heterocycles. The third-order valence-corrected chi connectivity index (χ3v) is 5.34. The lowest BCUT2D eigenvalue weighted by Gasteiger charge is -2.08. The van der Waals surface area contributed by atoms with E-state index in [1.165, 1.54) is 6.07 Å². The molecule has 11 heteroatoms. The lowest BCUT2D eigenvalue weighted by atomic mass is 10.1. The zero-order valence-electron chi connectivity index (χ0n) is 18.3. The molecule has 0 saturated heterocycles. The van der Waals surface area contributed by atoms with E-state index in [1.807, 2.05) is 6.07 Å². The number of amides is 2. The number of aromatic nitrogens is 4. The molecule has 0 aliphatic heterocycles. The van der Waals surface area contributed by atoms with Gasteiger partial charge in [0, 0.05) is 11.6 Å². The summed E-state index contributed by atoms with van der Waals surface area (Å²) in [5.74, 6) is -1.12. The number of carbonyl (C=O) groups excluding carboxylic acids is 2. The molecule has 0 radical (unpaired) electrons. The van der Waals surface area contributed by atoms with E-state index in [0.717, 1.165) is 12.1 Å². The molecule has 2 amide bonds. The third kappa shape index (κ3) is 4.49. The van der Waals surface area contributed by atoms with Gasteiger partial charge in [0.2, 0.25) is 5.91 Å². The van der Waals surface area contributed by atoms with E-state index in [9.17, 15) is 22.8 Å². The standard InChI is InChI=1S/C23H21F3N6O2/c1-13-21(22(34)28-10-20(27)33)14(2)32(29-13)19-8-4-7-18-17(19)12-31(30-18)11-15-5-3-6-16(9-15)23(24,25)26/h3-9,12H,10-11H2,1-2H3,(H2,27,33)(H,28,34). The number of carbonyl (C=O) groups is 2. The zero-order valence-corrected chi connectivity index (χ0v) is 18.3. The van der Waals surface area contributed by atoms with Gasteiger partial charge in [-0.2, -0.15) is 23.4 Å². The van der Waals surface area contributed by atoms with Gasteiger partial charge in [-0.15, -0.1) is 0 Å². The molecule has 176 valence electrons. The minimum absolute atomic E-state index is 0.149. The maximum Gasteiger partial charge on any atom is 0.416 e. The van der Waals surface area contributed by atoms with E-state index in [0.29, 0.717) is 39.1 Å². The van der Waals surface area contributed by atoms with E-state index >= 15 is 0 Å². The van der Waals surface area contributed by atoms with Gasteiger partial charge in [-0.25, -0.2) is 4.68 Å². The molecule has 0 fully saturated rings. The monoisotopic (exact) mass is 470 g/mol. The van der Waals surface area contributed by atoms with Crippen LogP contribution >= 0.6 is 0 Å². The first kappa shape index (κ1) is 23.0. The number of nitrogens with two attached hydrogens (primary N) is 1. The van der Waals surface area contributed by atoms with E-state index < -0.39 is 23.6 Å². The summed E-state index contributed by atoms with van der Waals surface area (Å²) in [6, 6.07) is 10.5. The van der Waals surface area contributed by atoms with Crippen LogP contribution < -0.4 is 11.1 Å². The second-order valence-corrected chi connectivity index (χ2v) is 7.84. The Morgan fingerprint density at radius 2 is 1.82 bits per heavy atom. The van der Waals surface area contributed by atoms with Gasteiger partial charge in [0.05, 0.1) is 46.8 Å². The maximum absolute atomic E-state index is 13.0. The molecule has 0 saturated carbocycles. The Balaban J connectivity index is 1.69. The number of benzene rings is 2. The van der Waals surface area contributed by atoms with E-state index in [2.05, 4.69) is 15.5 Å². The number of hydrogen-bond acceptors (Lipinski definition) is 4. The van der Waals surface area contributed by atoms with Crippen LogP contribution in [0.1, 0.15) is 32.9 Å². The molecule has 4 aromatic rings. The van der Waals surface area contributed by atoms with Gasteiger partial charge < -0.3 is 11.1 Å². The highest BCUT2D eigenvalue weighted by Crippen LogP contribution is 2.30. The van der Waals surface area contributed by atoms with Crippen molar-refractivity contribution in [3.05, 3.63) is 76.7 Å². The number of hydrogen-bond donors (Lipinski definition) is 2. The maximum atomic E-state index is 13.0. The van der Waals surface area contributed by atoms with Crippen molar-refractivity contribution in [3.63, 3.8) is 0 Å². The normalized spacial score (nSPS) is 11.7. The number of alkyl halides is 3. The van der Waals surface area contributed by atoms with Crippen molar-refractivity contribution in [1.29, 1.82) is 0 Å². The molecular weight excluding hydrogens is 449 g/mol. The summed E-state index contributed by atoms with van der Waals surface area (Å²) in [5.41, 5.74) is 7.47. The summed E-state index contributed by atoms with van der Waals surface area (Å²) in [5, 5.41) is 12.2. The third-order valence-electron chi connectivity index (χ3n) is 5.34. The van der Waals surface area contributed by atoms with Crippen molar-refractivity contribution in [3.8, 4) is 5.69 Å². The molecule has 0 bridgehead atoms. The van der Waals surface area contributed by atoms with Crippen LogP contribution in [0.3, 0.4) is 0 Å². The molecular formula is C23H21F3N6O2. The highest BCUT2D eigenvalue weighted by atomic mass is 19.4. The fourth-order valence-electron chi connectivity index (χ4n) is 3.84. The van der Waals surface area contributed by atoms with Crippen molar-refractivity contribution in [1.82, 2.24) is 24.9 Å². The second kappa shape index (κ2) is 8.65. The Hall–Kier alpha value is -4.15. The summed E-state index contributed by atoms with van der Waals surface area (Å²) in [7, 11) is 0. The Labute approximate surface area is 192 Å². The fourth-order valence-corrected chi connectivity index (χ4v) is 3.84. The average Bonchev–Trinajstić information content (AvgIpc) is 3.31. The minimum Gasteiger partial charge on any atom is -0.368 e. The Bertz CT molecular complexity index is 1400. The van der Waals surface area contributed by atoms with Crippen molar-refractivity contribution in [2.45, 2.75) is 26.6 Å². The topological polar surface area (TPSA) is 108 Å². The predicted octanol–water partition coefficient (Wildman–Crippen LogP) is 3.12. The number of fused-ring (bicyclic) bond motifs is 1. The van der Waals surface area contributed by atoms with Crippen LogP contribution in [0, 0.1) is 13.8 Å². The molecule has 0 unspecified atom stereocenters. The van der Waals surface area contributed by atoms with Gasteiger partial charge in [0.25, 0.3) is 5.91 Å². The van der Waals surface area contributed by atoms with Crippen molar-refractivity contribution in [2.75, 3.05) is 6.54 Å². The van der Waals surface area contributed by atoms with Crippen molar-refractivity contribution < 1.29 is 22.8 Å². The first-order valence-electron chi connectivity index (χ1n) is 10.3. The number of aryl methyl sites for hydroxylation is 1. The number of halogens is 3. The SMILES string of the molecule is Cc1nn(-c2cccc3nn(Cc4cccc(C(F)(F)F)c4)cc23)c(C)c1C(=O)NCC(N)=O. The molecule has 34 heavy (non-hydrogen) atoms. The highest BCUT2D eigenvalue weighted by molar-refractivity contribution is 5.98. The van der Waals surface area contributed by atoms with Crippen LogP contribution in [0.4, 0.5) is 13.2 Å². The molecule has 0 spiro atoms. The number of nitrogens with one attached hydrogen (secondary N) is 1. The molecule has 3 N–H and O–H groups in total. The van der Waals surface area contributed by atoms with Gasteiger partial charge in [-0.05, 0) is 43.7 Å². The first-order valence-corrected chi connectivity index (χ1v) is 10.3. The van der Waals surface area contributed by atoms with Crippen LogP contribution in [0.2, 0.25) is 0 Å². The molecule has 0 aliphatic carbocycles. The molecule has 2 heterocycles. The second-order valence-electron chi connectivity index (χ2n) is 7.84. The van der Waals surface area contributed by atoms with Gasteiger partial charge >= 0.3 is 6.18 Å². The van der Waals surface area contributed by atoms with Crippen LogP contribution in [0.5, 0.6) is 0 Å². The average molecular weight is 470 g/mol. The predicted molar refractivity (Wildman–Crippen MR) is 118 cm³/mol. The Morgan fingerprint density at radius 3 is 2.53 bits per heavy atom. The molecule has 4 rings (SSSR count). The molecule has 2 aromatic carbocycles. The number of rotatable bonds is 6. The lowest BCUT2D eigenvalue weighted by molar-refractivity contribution is -0.137. The minimum atomic E-state index is -4.42. The van der Waals surface area contributed by atoms with Crippen molar-refractivity contribution >= 4 is 22.7 Å². The summed E-state index contributed by atoms with van der Waals surface area (Å²) < 4.78 is 42.3. The van der Waals surface area contributed by atoms with Crippen molar-refractivity contribution in [2.24, 2.45) is 5.73 Å². The van der Waals surface area contributed by atoms with Gasteiger partial charge in [-0.1, -0.05) is 18.2 Å². The summed E-state index contributed by atoms with van der Waals surface area (Å²) >= 11 is 0. The van der Waals surface area contributed by atoms with Gasteiger partial charge in [0.15, 0.2) is 0 Å². The van der Waals surface area contributed by atoms with Crippen LogP contribution in [0.15, 0.2) is 48.7 Å². The van der Waals surface area contributed by atoms with E-state index in [4.69, 9.17) is 5.73 Å². The summed E-state index contributed by atoms with van der Waals surface area (Å²) in [6.45, 7) is 3.27. The Kier molecular flexibility index (Phi) is 5.86. The van der Waals surface area contributed by atoms with Crippen LogP contribution in [-0.4, -0.2) is 37.9 Å². The van der Waals surface area contributed by atoms with Gasteiger partial charge in [-0.3, -0.25) is 14.3 Å². The first-order chi connectivity index (χ1) is 16.0. The summed E-state index contributed by atoms with van der Waals surface area (Å²) in [4.78, 5) is 23.5. The van der Waals surface area contributed by atoms with E-state index in [1.54, 1.807) is 47.6 Å². The van der Waals surface area contributed by atoms with E-state index in [-0.39, 0.29) is 13.1 Å². The fraction of sp³-hybridized carbons (Fsp3) is 0.217. The molecule has 0 atom stereocenters. The smallest absolute Gasteiger partial charge is 0.368 e. The van der Waals surface area contributed by atoms with Crippen LogP contribution in [-0.2, 0) is 17.5 Å². The summed E-state index contributed by atoms with van der Waals surface area (Å²) in [6.07, 6.45) is -2.69.